The number of sulfonamides is 1. The molecular formula is C10H15NO3S. The van der Waals surface area contributed by atoms with E-state index in [4.69, 9.17) is 9.88 Å². The molecule has 0 amide bonds. The van der Waals surface area contributed by atoms with Gasteiger partial charge in [-0.1, -0.05) is 0 Å². The van der Waals surface area contributed by atoms with E-state index in [9.17, 15) is 8.42 Å². The average molecular weight is 229 g/mol. The summed E-state index contributed by atoms with van der Waals surface area (Å²) in [5, 5.41) is 5.11. The summed E-state index contributed by atoms with van der Waals surface area (Å²) in [6, 6.07) is 1.54. The van der Waals surface area contributed by atoms with E-state index >= 15 is 0 Å². The number of nitrogens with two attached hydrogens (primary N) is 1. The van der Waals surface area contributed by atoms with Crippen molar-refractivity contribution in [2.45, 2.75) is 25.7 Å². The first-order valence-corrected chi connectivity index (χ1v) is 6.01. The van der Waals surface area contributed by atoms with Gasteiger partial charge in [0.15, 0.2) is 0 Å². The van der Waals surface area contributed by atoms with Crippen LogP contribution in [0.1, 0.15) is 16.7 Å². The van der Waals surface area contributed by atoms with Crippen LogP contribution in [0.2, 0.25) is 0 Å². The summed E-state index contributed by atoms with van der Waals surface area (Å²) in [4.78, 5) is 0.0469. The molecule has 0 saturated heterocycles. The summed E-state index contributed by atoms with van der Waals surface area (Å²) in [5.41, 5.74) is 2.71. The summed E-state index contributed by atoms with van der Waals surface area (Å²) in [7, 11) is -2.30. The second kappa shape index (κ2) is 3.83. The lowest BCUT2D eigenvalue weighted by atomic mass is 10.0. The summed E-state index contributed by atoms with van der Waals surface area (Å²) >= 11 is 0. The number of benzene rings is 1. The van der Waals surface area contributed by atoms with Gasteiger partial charge in [0.1, 0.15) is 10.6 Å². The Hall–Kier alpha value is -1.07. The second-order valence-electron chi connectivity index (χ2n) is 3.52. The van der Waals surface area contributed by atoms with E-state index in [0.29, 0.717) is 5.75 Å². The number of ether oxygens (including phenoxy) is 1. The molecule has 15 heavy (non-hydrogen) atoms. The van der Waals surface area contributed by atoms with Crippen LogP contribution in [0.5, 0.6) is 5.75 Å². The van der Waals surface area contributed by atoms with E-state index in [1.54, 1.807) is 0 Å². The third kappa shape index (κ3) is 2.13. The summed E-state index contributed by atoms with van der Waals surface area (Å²) < 4.78 is 27.7. The van der Waals surface area contributed by atoms with Gasteiger partial charge in [0.2, 0.25) is 10.0 Å². The van der Waals surface area contributed by atoms with Gasteiger partial charge in [0.25, 0.3) is 0 Å². The third-order valence-corrected chi connectivity index (χ3v) is 3.49. The number of aryl methyl sites for hydroxylation is 1. The van der Waals surface area contributed by atoms with Crippen LogP contribution in [0.25, 0.3) is 0 Å². The van der Waals surface area contributed by atoms with Crippen molar-refractivity contribution in [3.8, 4) is 5.75 Å². The van der Waals surface area contributed by atoms with Gasteiger partial charge in [-0.25, -0.2) is 13.6 Å². The van der Waals surface area contributed by atoms with E-state index < -0.39 is 10.0 Å². The zero-order chi connectivity index (χ0) is 11.8. The molecule has 0 radical (unpaired) electrons. The number of hydrogen-bond acceptors (Lipinski definition) is 3. The zero-order valence-corrected chi connectivity index (χ0v) is 10.1. The summed E-state index contributed by atoms with van der Waals surface area (Å²) in [6.07, 6.45) is 0. The van der Waals surface area contributed by atoms with Crippen molar-refractivity contribution in [3.63, 3.8) is 0 Å². The molecule has 5 heteroatoms. The summed E-state index contributed by atoms with van der Waals surface area (Å²) in [6.45, 7) is 5.58. The van der Waals surface area contributed by atoms with Crippen LogP contribution in [0.3, 0.4) is 0 Å². The van der Waals surface area contributed by atoms with Gasteiger partial charge in [-0.05, 0) is 43.5 Å². The second-order valence-corrected chi connectivity index (χ2v) is 5.05. The van der Waals surface area contributed by atoms with Gasteiger partial charge in [0.05, 0.1) is 7.11 Å². The highest BCUT2D eigenvalue weighted by Gasteiger charge is 2.19. The maximum Gasteiger partial charge on any atom is 0.241 e. The molecule has 0 fully saturated rings. The number of hydrogen-bond donors (Lipinski definition) is 1. The Morgan fingerprint density at radius 3 is 2.13 bits per heavy atom. The molecule has 0 unspecified atom stereocenters. The fourth-order valence-corrected chi connectivity index (χ4v) is 2.32. The molecule has 1 aromatic carbocycles. The van der Waals surface area contributed by atoms with Crippen LogP contribution in [0, 0.1) is 20.8 Å². The average Bonchev–Trinajstić information content (AvgIpc) is 2.12. The van der Waals surface area contributed by atoms with Gasteiger partial charge in [-0.2, -0.15) is 0 Å². The smallest absolute Gasteiger partial charge is 0.241 e. The molecule has 0 heterocycles. The molecule has 0 spiro atoms. The van der Waals surface area contributed by atoms with E-state index in [2.05, 4.69) is 0 Å². The number of primary sulfonamides is 1. The van der Waals surface area contributed by atoms with Gasteiger partial charge in [0, 0.05) is 0 Å². The van der Waals surface area contributed by atoms with Crippen molar-refractivity contribution in [2.75, 3.05) is 7.11 Å². The molecule has 0 aliphatic heterocycles. The molecular weight excluding hydrogens is 214 g/mol. The first-order chi connectivity index (χ1) is 6.79. The van der Waals surface area contributed by atoms with Crippen molar-refractivity contribution in [2.24, 2.45) is 5.14 Å². The highest BCUT2D eigenvalue weighted by atomic mass is 32.2. The Morgan fingerprint density at radius 2 is 1.73 bits per heavy atom. The van der Waals surface area contributed by atoms with Crippen LogP contribution in [0.4, 0.5) is 0 Å². The maximum atomic E-state index is 11.3. The van der Waals surface area contributed by atoms with Gasteiger partial charge in [-0.3, -0.25) is 0 Å². The Bertz CT molecular complexity index is 492. The minimum absolute atomic E-state index is 0.0469. The topological polar surface area (TPSA) is 69.4 Å². The largest absolute Gasteiger partial charge is 0.495 e. The van der Waals surface area contributed by atoms with Crippen molar-refractivity contribution in [1.82, 2.24) is 0 Å². The standard InChI is InChI=1S/C10H15NO3S/c1-6-5-9(15(11,12)13)10(14-4)8(3)7(6)2/h5H,1-4H3,(H2,11,12,13). The van der Waals surface area contributed by atoms with Gasteiger partial charge < -0.3 is 4.74 Å². The molecule has 1 rings (SSSR count). The van der Waals surface area contributed by atoms with Crippen molar-refractivity contribution < 1.29 is 13.2 Å². The van der Waals surface area contributed by atoms with Crippen LogP contribution in [0.15, 0.2) is 11.0 Å². The zero-order valence-electron chi connectivity index (χ0n) is 9.29. The lowest BCUT2D eigenvalue weighted by molar-refractivity contribution is 0.399. The number of rotatable bonds is 2. The monoisotopic (exact) mass is 229 g/mol. The van der Waals surface area contributed by atoms with Crippen LogP contribution in [-0.2, 0) is 10.0 Å². The summed E-state index contributed by atoms with van der Waals surface area (Å²) in [5.74, 6) is 0.334. The highest BCUT2D eigenvalue weighted by molar-refractivity contribution is 7.89. The molecule has 0 atom stereocenters. The Labute approximate surface area is 90.1 Å². The molecule has 1 aromatic rings. The molecule has 0 aliphatic carbocycles. The molecule has 0 saturated carbocycles. The van der Waals surface area contributed by atoms with E-state index in [1.807, 2.05) is 20.8 Å². The normalized spacial score (nSPS) is 11.5. The predicted octanol–water partition coefficient (Wildman–Crippen LogP) is 1.27. The Morgan fingerprint density at radius 1 is 1.20 bits per heavy atom. The fourth-order valence-electron chi connectivity index (χ4n) is 1.49. The van der Waals surface area contributed by atoms with Crippen LogP contribution < -0.4 is 9.88 Å². The van der Waals surface area contributed by atoms with Crippen molar-refractivity contribution in [3.05, 3.63) is 22.8 Å². The Kier molecular flexibility index (Phi) is 3.06. The van der Waals surface area contributed by atoms with E-state index in [-0.39, 0.29) is 4.90 Å². The lowest BCUT2D eigenvalue weighted by Crippen LogP contribution is -2.14. The molecule has 0 bridgehead atoms. The molecule has 0 aromatic heterocycles. The molecule has 2 N–H and O–H groups in total. The van der Waals surface area contributed by atoms with E-state index in [1.165, 1.54) is 13.2 Å². The van der Waals surface area contributed by atoms with Crippen LogP contribution >= 0.6 is 0 Å². The van der Waals surface area contributed by atoms with Gasteiger partial charge >= 0.3 is 0 Å². The maximum absolute atomic E-state index is 11.3. The van der Waals surface area contributed by atoms with Gasteiger partial charge in [-0.15, -0.1) is 0 Å². The minimum Gasteiger partial charge on any atom is -0.495 e. The predicted molar refractivity (Wildman–Crippen MR) is 58.6 cm³/mol. The molecule has 4 nitrogen and oxygen atoms in total. The van der Waals surface area contributed by atoms with E-state index in [0.717, 1.165) is 16.7 Å². The third-order valence-electron chi connectivity index (χ3n) is 2.58. The number of methoxy groups -OCH3 is 1. The fraction of sp³-hybridized carbons (Fsp3) is 0.400. The Balaban J connectivity index is 3.68. The first kappa shape index (κ1) is 12.0. The van der Waals surface area contributed by atoms with Crippen molar-refractivity contribution >= 4 is 10.0 Å². The molecule has 84 valence electrons. The first-order valence-electron chi connectivity index (χ1n) is 4.46. The lowest BCUT2D eigenvalue weighted by Gasteiger charge is -2.14. The quantitative estimate of drug-likeness (QED) is 0.830. The SMILES string of the molecule is COc1c(S(N)(=O)=O)cc(C)c(C)c1C. The highest BCUT2D eigenvalue weighted by Crippen LogP contribution is 2.31. The van der Waals surface area contributed by atoms with Crippen molar-refractivity contribution in [1.29, 1.82) is 0 Å². The molecule has 0 aliphatic rings. The van der Waals surface area contributed by atoms with Crippen LogP contribution in [-0.4, -0.2) is 15.5 Å². The minimum atomic E-state index is -3.73.